The minimum Gasteiger partial charge on any atom is -0.491 e. The van der Waals surface area contributed by atoms with E-state index in [4.69, 9.17) is 10.5 Å². The molecule has 0 bridgehead atoms. The summed E-state index contributed by atoms with van der Waals surface area (Å²) in [5.41, 5.74) is 5.71. The number of halogens is 1. The summed E-state index contributed by atoms with van der Waals surface area (Å²) in [5.74, 6) is 0.827. The first-order valence-electron chi connectivity index (χ1n) is 9.01. The summed E-state index contributed by atoms with van der Waals surface area (Å²) in [5, 5.41) is 0. The number of carbonyl (C=O) groups is 1. The molecule has 0 saturated carbocycles. The van der Waals surface area contributed by atoms with Crippen molar-refractivity contribution >= 4 is 5.91 Å². The molecule has 2 N–H and O–H groups in total. The van der Waals surface area contributed by atoms with E-state index in [2.05, 4.69) is 18.7 Å². The Hall–Kier alpha value is -1.66. The lowest BCUT2D eigenvalue weighted by molar-refractivity contribution is 0.0768. The molecule has 0 spiro atoms. The summed E-state index contributed by atoms with van der Waals surface area (Å²) in [7, 11) is 1.77. The van der Waals surface area contributed by atoms with Gasteiger partial charge >= 0.3 is 0 Å². The highest BCUT2D eigenvalue weighted by Crippen LogP contribution is 2.23. The zero-order valence-electron chi connectivity index (χ0n) is 15.5. The third kappa shape index (κ3) is 5.68. The number of amides is 1. The normalized spacial score (nSPS) is 17.9. The Morgan fingerprint density at radius 3 is 2.92 bits per heavy atom. The number of nitrogens with two attached hydrogens (primary N) is 1. The van der Waals surface area contributed by atoms with Crippen molar-refractivity contribution in [1.29, 1.82) is 0 Å². The Kier molecular flexibility index (Phi) is 7.20. The average Bonchev–Trinajstić information content (AvgIpc) is 2.99. The maximum Gasteiger partial charge on any atom is 0.257 e. The molecule has 0 radical (unpaired) electrons. The van der Waals surface area contributed by atoms with E-state index < -0.39 is 5.82 Å². The SMILES string of the molecule is CC(C)CN1CC[C@H](CN(C)C(=O)c2cc(F)ccc2OCCN)C1. The molecule has 140 valence electrons. The van der Waals surface area contributed by atoms with Crippen molar-refractivity contribution in [2.75, 3.05) is 46.4 Å². The van der Waals surface area contributed by atoms with Gasteiger partial charge in [0.25, 0.3) is 5.91 Å². The second-order valence-electron chi connectivity index (χ2n) is 7.27. The first kappa shape index (κ1) is 19.7. The number of benzene rings is 1. The maximum atomic E-state index is 13.6. The van der Waals surface area contributed by atoms with Crippen LogP contribution in [0.2, 0.25) is 0 Å². The third-order valence-corrected chi connectivity index (χ3v) is 4.42. The molecular weight excluding hydrogens is 321 g/mol. The van der Waals surface area contributed by atoms with Crippen molar-refractivity contribution in [2.24, 2.45) is 17.6 Å². The summed E-state index contributed by atoms with van der Waals surface area (Å²) in [6.45, 7) is 8.92. The lowest BCUT2D eigenvalue weighted by atomic mass is 10.1. The van der Waals surface area contributed by atoms with E-state index in [0.29, 0.717) is 37.3 Å². The molecule has 1 aliphatic rings. The van der Waals surface area contributed by atoms with E-state index in [1.165, 1.54) is 18.2 Å². The first-order chi connectivity index (χ1) is 11.9. The van der Waals surface area contributed by atoms with Gasteiger partial charge in [0.1, 0.15) is 18.2 Å². The van der Waals surface area contributed by atoms with E-state index in [-0.39, 0.29) is 11.5 Å². The van der Waals surface area contributed by atoms with Gasteiger partial charge in [-0.3, -0.25) is 4.79 Å². The minimum atomic E-state index is -0.444. The van der Waals surface area contributed by atoms with Crippen LogP contribution in [0.15, 0.2) is 18.2 Å². The molecule has 1 aliphatic heterocycles. The van der Waals surface area contributed by atoms with E-state index in [9.17, 15) is 9.18 Å². The zero-order chi connectivity index (χ0) is 18.4. The van der Waals surface area contributed by atoms with Crippen molar-refractivity contribution in [3.63, 3.8) is 0 Å². The fourth-order valence-corrected chi connectivity index (χ4v) is 3.38. The number of rotatable bonds is 8. The topological polar surface area (TPSA) is 58.8 Å². The molecule has 25 heavy (non-hydrogen) atoms. The Morgan fingerprint density at radius 1 is 1.48 bits per heavy atom. The van der Waals surface area contributed by atoms with Gasteiger partial charge in [-0.2, -0.15) is 0 Å². The van der Waals surface area contributed by atoms with Gasteiger partial charge in [-0.05, 0) is 43.0 Å². The minimum absolute atomic E-state index is 0.214. The fraction of sp³-hybridized carbons (Fsp3) is 0.632. The predicted molar refractivity (Wildman–Crippen MR) is 97.3 cm³/mol. The summed E-state index contributed by atoms with van der Waals surface area (Å²) in [4.78, 5) is 16.9. The standard InChI is InChI=1S/C19H30FN3O2/c1-14(2)11-23-8-6-15(13-23)12-22(3)19(24)17-10-16(20)4-5-18(17)25-9-7-21/h4-5,10,14-15H,6-9,11-13,21H2,1-3H3/t15-/m1/s1. The van der Waals surface area contributed by atoms with Crippen LogP contribution in [0.1, 0.15) is 30.6 Å². The Labute approximate surface area is 149 Å². The monoisotopic (exact) mass is 351 g/mol. The number of carbonyl (C=O) groups excluding carboxylic acids is 1. The van der Waals surface area contributed by atoms with Crippen molar-refractivity contribution in [3.8, 4) is 5.75 Å². The van der Waals surface area contributed by atoms with E-state index in [1.807, 2.05) is 0 Å². The van der Waals surface area contributed by atoms with Gasteiger partial charge in [0.2, 0.25) is 0 Å². The van der Waals surface area contributed by atoms with Gasteiger partial charge in [-0.1, -0.05) is 13.8 Å². The summed E-state index contributed by atoms with van der Waals surface area (Å²) in [6, 6.07) is 4.03. The third-order valence-electron chi connectivity index (χ3n) is 4.42. The molecule has 0 aliphatic carbocycles. The molecule has 1 fully saturated rings. The van der Waals surface area contributed by atoms with E-state index in [0.717, 1.165) is 26.1 Å². The van der Waals surface area contributed by atoms with Crippen LogP contribution in [0, 0.1) is 17.7 Å². The molecule has 1 aromatic rings. The molecule has 1 aromatic carbocycles. The lowest BCUT2D eigenvalue weighted by Gasteiger charge is -2.23. The summed E-state index contributed by atoms with van der Waals surface area (Å²) < 4.78 is 19.1. The summed E-state index contributed by atoms with van der Waals surface area (Å²) in [6.07, 6.45) is 1.09. The van der Waals surface area contributed by atoms with Crippen LogP contribution in [-0.2, 0) is 0 Å². The number of hydrogen-bond acceptors (Lipinski definition) is 4. The molecule has 1 atom stereocenters. The molecular formula is C19H30FN3O2. The molecule has 1 heterocycles. The van der Waals surface area contributed by atoms with E-state index >= 15 is 0 Å². The van der Waals surface area contributed by atoms with Crippen molar-refractivity contribution in [3.05, 3.63) is 29.6 Å². The van der Waals surface area contributed by atoms with Crippen molar-refractivity contribution in [2.45, 2.75) is 20.3 Å². The highest BCUT2D eigenvalue weighted by molar-refractivity contribution is 5.96. The van der Waals surface area contributed by atoms with Crippen molar-refractivity contribution < 1.29 is 13.9 Å². The number of hydrogen-bond donors (Lipinski definition) is 1. The molecule has 5 nitrogen and oxygen atoms in total. The second-order valence-corrected chi connectivity index (χ2v) is 7.27. The number of likely N-dealkylation sites (tertiary alicyclic amines) is 1. The quantitative estimate of drug-likeness (QED) is 0.780. The molecule has 0 unspecified atom stereocenters. The first-order valence-corrected chi connectivity index (χ1v) is 9.01. The Morgan fingerprint density at radius 2 is 2.24 bits per heavy atom. The van der Waals surface area contributed by atoms with Gasteiger partial charge in [0.05, 0.1) is 5.56 Å². The highest BCUT2D eigenvalue weighted by atomic mass is 19.1. The van der Waals surface area contributed by atoms with Crippen LogP contribution < -0.4 is 10.5 Å². The predicted octanol–water partition coefficient (Wildman–Crippen LogP) is 2.21. The molecule has 1 amide bonds. The Balaban J connectivity index is 1.99. The largest absolute Gasteiger partial charge is 0.491 e. The summed E-state index contributed by atoms with van der Waals surface area (Å²) >= 11 is 0. The molecule has 0 aromatic heterocycles. The van der Waals surface area contributed by atoms with Crippen molar-refractivity contribution in [1.82, 2.24) is 9.80 Å². The lowest BCUT2D eigenvalue weighted by Crippen LogP contribution is -2.34. The number of nitrogens with zero attached hydrogens (tertiary/aromatic N) is 2. The van der Waals surface area contributed by atoms with Gasteiger partial charge in [-0.15, -0.1) is 0 Å². The fourth-order valence-electron chi connectivity index (χ4n) is 3.38. The maximum absolute atomic E-state index is 13.6. The van der Waals surface area contributed by atoms with Crippen LogP contribution in [0.5, 0.6) is 5.75 Å². The zero-order valence-corrected chi connectivity index (χ0v) is 15.5. The van der Waals surface area contributed by atoms with Crippen LogP contribution in [0.25, 0.3) is 0 Å². The van der Waals surface area contributed by atoms with Gasteiger partial charge in [0, 0.05) is 33.2 Å². The van der Waals surface area contributed by atoms with Crippen LogP contribution >= 0.6 is 0 Å². The number of ether oxygens (including phenoxy) is 1. The average molecular weight is 351 g/mol. The van der Waals surface area contributed by atoms with Crippen LogP contribution in [0.4, 0.5) is 4.39 Å². The van der Waals surface area contributed by atoms with E-state index in [1.54, 1.807) is 11.9 Å². The molecule has 6 heteroatoms. The van der Waals surface area contributed by atoms with Gasteiger partial charge in [-0.25, -0.2) is 4.39 Å². The van der Waals surface area contributed by atoms with Gasteiger partial charge < -0.3 is 20.3 Å². The highest BCUT2D eigenvalue weighted by Gasteiger charge is 2.26. The second kappa shape index (κ2) is 9.15. The van der Waals surface area contributed by atoms with Crippen LogP contribution in [0.3, 0.4) is 0 Å². The van der Waals surface area contributed by atoms with Gasteiger partial charge in [0.15, 0.2) is 0 Å². The smallest absolute Gasteiger partial charge is 0.257 e. The Bertz CT molecular complexity index is 580. The molecule has 2 rings (SSSR count). The van der Waals surface area contributed by atoms with Crippen LogP contribution in [-0.4, -0.2) is 62.1 Å². The molecule has 1 saturated heterocycles.